The van der Waals surface area contributed by atoms with Gasteiger partial charge in [0.1, 0.15) is 24.4 Å². The molecule has 0 bridgehead atoms. The van der Waals surface area contributed by atoms with Crippen LogP contribution in [0.3, 0.4) is 0 Å². The van der Waals surface area contributed by atoms with Crippen molar-refractivity contribution in [3.8, 4) is 0 Å². The van der Waals surface area contributed by atoms with Crippen LogP contribution in [0.5, 0.6) is 0 Å². The summed E-state index contributed by atoms with van der Waals surface area (Å²) in [6.07, 6.45) is -4.82. The number of nitrogens with zero attached hydrogens (tertiary/aromatic N) is 1. The second-order valence-corrected chi connectivity index (χ2v) is 4.46. The Morgan fingerprint density at radius 1 is 1.33 bits per heavy atom. The molecule has 1 aliphatic heterocycles. The summed E-state index contributed by atoms with van der Waals surface area (Å²) in [5.41, 5.74) is -1.67. The quantitative estimate of drug-likeness (QED) is 0.328. The van der Waals surface area contributed by atoms with Crippen LogP contribution >= 0.6 is 0 Å². The second-order valence-electron chi connectivity index (χ2n) is 4.46. The number of aromatic amines is 2. The number of hydrogen-bond donors (Lipinski definition) is 6. The fourth-order valence-electron chi connectivity index (χ4n) is 2.06. The van der Waals surface area contributed by atoms with Crippen LogP contribution in [0.4, 0.5) is 5.95 Å². The van der Waals surface area contributed by atoms with Gasteiger partial charge in [-0.3, -0.25) is 9.97 Å². The minimum atomic E-state index is -1.38. The fraction of sp³-hybridized carbons (Fsp3) is 0.700. The van der Waals surface area contributed by atoms with Gasteiger partial charge in [-0.05, 0) is 0 Å². The van der Waals surface area contributed by atoms with Gasteiger partial charge in [0.25, 0.3) is 0 Å². The van der Waals surface area contributed by atoms with Gasteiger partial charge in [-0.25, -0.2) is 9.59 Å². The minimum Gasteiger partial charge on any atom is -0.394 e. The highest BCUT2D eigenvalue weighted by molar-refractivity contribution is 5.25. The molecule has 0 spiro atoms. The third kappa shape index (κ3) is 3.28. The number of aliphatic hydroxyl groups is 3. The lowest BCUT2D eigenvalue weighted by Gasteiger charge is -2.41. The van der Waals surface area contributed by atoms with Crippen molar-refractivity contribution in [2.75, 3.05) is 19.0 Å². The highest BCUT2D eigenvalue weighted by atomic mass is 16.7. The molecule has 1 aromatic heterocycles. The molecule has 1 aromatic rings. The van der Waals surface area contributed by atoms with E-state index in [0.29, 0.717) is 0 Å². The van der Waals surface area contributed by atoms with Crippen molar-refractivity contribution in [3.05, 3.63) is 21.0 Å². The van der Waals surface area contributed by atoms with Gasteiger partial charge < -0.3 is 30.1 Å². The molecule has 0 amide bonds. The van der Waals surface area contributed by atoms with Gasteiger partial charge in [0.05, 0.1) is 6.61 Å². The summed E-state index contributed by atoms with van der Waals surface area (Å²) < 4.78 is 10.3. The molecule has 6 N–H and O–H groups in total. The first kappa shape index (κ1) is 15.6. The molecule has 2 heterocycles. The van der Waals surface area contributed by atoms with Crippen molar-refractivity contribution in [1.29, 1.82) is 0 Å². The maximum absolute atomic E-state index is 11.1. The molecule has 21 heavy (non-hydrogen) atoms. The van der Waals surface area contributed by atoms with Crippen LogP contribution in [-0.4, -0.2) is 74.6 Å². The summed E-state index contributed by atoms with van der Waals surface area (Å²) in [5, 5.41) is 31.5. The number of H-pyrrole nitrogens is 2. The Hall–Kier alpha value is -1.79. The number of hydrogen-bond acceptors (Lipinski definition) is 9. The van der Waals surface area contributed by atoms with Crippen LogP contribution in [0, 0.1) is 0 Å². The maximum Gasteiger partial charge on any atom is 0.352 e. The van der Waals surface area contributed by atoms with Crippen LogP contribution in [-0.2, 0) is 9.47 Å². The van der Waals surface area contributed by atoms with Crippen LogP contribution < -0.4 is 16.7 Å². The topological polar surface area (TPSA) is 170 Å². The molecule has 5 atom stereocenters. The lowest BCUT2D eigenvalue weighted by Crippen LogP contribution is -2.61. The zero-order valence-corrected chi connectivity index (χ0v) is 11.0. The van der Waals surface area contributed by atoms with Gasteiger partial charge >= 0.3 is 11.4 Å². The molecule has 0 radical (unpaired) electrons. The normalized spacial score (nSPS) is 32.9. The second kappa shape index (κ2) is 6.32. The smallest absolute Gasteiger partial charge is 0.352 e. The standard InChI is InChI=1S/C10H16N4O7/c1-20-7-4(6(17)5(16)3(2-15)21-7)11-8-12-9(18)14-10(19)13-8/h3-7,15-17H,2H2,1H3,(H3,11,12,13,14,18,19)/t3-,4-,5+,6-,7-/m1/s1. The molecule has 0 saturated carbocycles. The largest absolute Gasteiger partial charge is 0.394 e. The average molecular weight is 304 g/mol. The van der Waals surface area contributed by atoms with E-state index in [-0.39, 0.29) is 5.95 Å². The van der Waals surface area contributed by atoms with Crippen molar-refractivity contribution in [2.45, 2.75) is 30.6 Å². The number of methoxy groups -OCH3 is 1. The predicted octanol–water partition coefficient (Wildman–Crippen LogP) is -3.68. The first-order valence-corrected chi connectivity index (χ1v) is 6.08. The number of nitrogens with one attached hydrogen (secondary N) is 3. The van der Waals surface area contributed by atoms with Gasteiger partial charge in [-0.2, -0.15) is 4.98 Å². The predicted molar refractivity (Wildman–Crippen MR) is 67.7 cm³/mol. The summed E-state index contributed by atoms with van der Waals surface area (Å²) in [7, 11) is 1.30. The van der Waals surface area contributed by atoms with Gasteiger partial charge in [0.15, 0.2) is 6.29 Å². The summed E-state index contributed by atoms with van der Waals surface area (Å²) in [6, 6.07) is -1.02. The average Bonchev–Trinajstić information content (AvgIpc) is 2.43. The molecule has 1 fully saturated rings. The summed E-state index contributed by atoms with van der Waals surface area (Å²) in [4.78, 5) is 29.8. The molecule has 1 aliphatic rings. The highest BCUT2D eigenvalue weighted by Gasteiger charge is 2.44. The van der Waals surface area contributed by atoms with E-state index in [1.54, 1.807) is 0 Å². The maximum atomic E-state index is 11.1. The Morgan fingerprint density at radius 2 is 2.05 bits per heavy atom. The Morgan fingerprint density at radius 3 is 2.62 bits per heavy atom. The van der Waals surface area contributed by atoms with Gasteiger partial charge in [0.2, 0.25) is 5.95 Å². The monoisotopic (exact) mass is 304 g/mol. The molecule has 0 unspecified atom stereocenters. The summed E-state index contributed by atoms with van der Waals surface area (Å²) in [6.45, 7) is -0.509. The van der Waals surface area contributed by atoms with Crippen molar-refractivity contribution < 1.29 is 24.8 Å². The third-order valence-corrected chi connectivity index (χ3v) is 3.08. The van der Waals surface area contributed by atoms with E-state index < -0.39 is 48.6 Å². The molecule has 118 valence electrons. The molecule has 0 aliphatic carbocycles. The van der Waals surface area contributed by atoms with Crippen LogP contribution in [0.1, 0.15) is 0 Å². The Kier molecular flexibility index (Phi) is 4.69. The van der Waals surface area contributed by atoms with Gasteiger partial charge in [0, 0.05) is 7.11 Å². The number of rotatable bonds is 4. The van der Waals surface area contributed by atoms with Crippen LogP contribution in [0.15, 0.2) is 9.59 Å². The molecule has 0 aromatic carbocycles. The molecule has 11 heteroatoms. The number of anilines is 1. The summed E-state index contributed by atoms with van der Waals surface area (Å²) >= 11 is 0. The van der Waals surface area contributed by atoms with Crippen molar-refractivity contribution in [2.24, 2.45) is 0 Å². The lowest BCUT2D eigenvalue weighted by molar-refractivity contribution is -0.254. The van der Waals surface area contributed by atoms with E-state index in [1.165, 1.54) is 7.11 Å². The minimum absolute atomic E-state index is 0.215. The Labute approximate surface area is 117 Å². The molecule has 2 rings (SSSR count). The number of ether oxygens (including phenoxy) is 2. The first-order valence-electron chi connectivity index (χ1n) is 6.08. The molecule has 11 nitrogen and oxygen atoms in total. The van der Waals surface area contributed by atoms with Crippen LogP contribution in [0.25, 0.3) is 0 Å². The summed E-state index contributed by atoms with van der Waals surface area (Å²) in [5.74, 6) is -0.215. The van der Waals surface area contributed by atoms with Gasteiger partial charge in [-0.15, -0.1) is 0 Å². The SMILES string of the molecule is CO[C@@H]1O[C@H](CO)[C@H](O)[C@H](O)[C@H]1Nc1nc(=O)[nH]c(=O)[nH]1. The zero-order valence-electron chi connectivity index (χ0n) is 11.0. The zero-order chi connectivity index (χ0) is 15.6. The van der Waals surface area contributed by atoms with E-state index in [1.807, 2.05) is 4.98 Å². The third-order valence-electron chi connectivity index (χ3n) is 3.08. The number of aromatic nitrogens is 3. The van der Waals surface area contributed by atoms with Gasteiger partial charge in [-0.1, -0.05) is 0 Å². The Bertz CT molecular complexity index is 557. The van der Waals surface area contributed by atoms with E-state index in [4.69, 9.17) is 14.6 Å². The van der Waals surface area contributed by atoms with Crippen molar-refractivity contribution in [3.63, 3.8) is 0 Å². The Balaban J connectivity index is 2.23. The fourth-order valence-corrected chi connectivity index (χ4v) is 2.06. The molecular formula is C10H16N4O7. The first-order chi connectivity index (χ1) is 9.96. The van der Waals surface area contributed by atoms with E-state index in [0.717, 1.165) is 0 Å². The van der Waals surface area contributed by atoms with Crippen molar-refractivity contribution in [1.82, 2.24) is 15.0 Å². The molecular weight excluding hydrogens is 288 g/mol. The van der Waals surface area contributed by atoms with E-state index in [9.17, 15) is 19.8 Å². The lowest BCUT2D eigenvalue weighted by atomic mass is 9.97. The highest BCUT2D eigenvalue weighted by Crippen LogP contribution is 2.23. The molecule has 1 saturated heterocycles. The number of aliphatic hydroxyl groups excluding tert-OH is 3. The van der Waals surface area contributed by atoms with E-state index in [2.05, 4.69) is 15.3 Å². The van der Waals surface area contributed by atoms with Crippen molar-refractivity contribution >= 4 is 5.95 Å². The van der Waals surface area contributed by atoms with E-state index >= 15 is 0 Å². The van der Waals surface area contributed by atoms with Crippen LogP contribution in [0.2, 0.25) is 0 Å².